The monoisotopic (exact) mass is 217 g/mol. The Labute approximate surface area is 92.1 Å². The standard InChI is InChI=1S/C11H9N2O3/c1-16-8-4-2-7(3-5-8)10-9(11(14)15)6-12-13-10/h2-6H,1H3,(H,14,15). The van der Waals surface area contributed by atoms with E-state index < -0.39 is 5.97 Å². The molecule has 81 valence electrons. The van der Waals surface area contributed by atoms with E-state index in [1.807, 2.05) is 0 Å². The van der Waals surface area contributed by atoms with E-state index in [9.17, 15) is 4.79 Å². The number of azo groups is 1. The van der Waals surface area contributed by atoms with E-state index in [4.69, 9.17) is 9.84 Å². The van der Waals surface area contributed by atoms with Gasteiger partial charge in [-0.2, -0.15) is 5.11 Å². The maximum Gasteiger partial charge on any atom is 0.339 e. The van der Waals surface area contributed by atoms with Crippen molar-refractivity contribution in [3.8, 4) is 0 Å². The summed E-state index contributed by atoms with van der Waals surface area (Å²) in [6, 6.07) is 0. The first-order valence-electron chi connectivity index (χ1n) is 4.58. The predicted molar refractivity (Wildman–Crippen MR) is 56.1 cm³/mol. The van der Waals surface area contributed by atoms with E-state index in [1.165, 1.54) is 6.20 Å². The van der Waals surface area contributed by atoms with E-state index in [2.05, 4.69) is 10.2 Å². The molecule has 5 nitrogen and oxygen atoms in total. The van der Waals surface area contributed by atoms with Crippen molar-refractivity contribution in [1.29, 1.82) is 0 Å². The van der Waals surface area contributed by atoms with Crippen molar-refractivity contribution in [2.45, 2.75) is 0 Å². The molecule has 0 unspecified atom stereocenters. The van der Waals surface area contributed by atoms with Crippen LogP contribution in [0.2, 0.25) is 0 Å². The predicted octanol–water partition coefficient (Wildman–Crippen LogP) is 1.98. The third kappa shape index (κ3) is 1.85. The van der Waals surface area contributed by atoms with Crippen LogP contribution in [0, 0.1) is 6.10 Å². The fourth-order valence-corrected chi connectivity index (χ4v) is 1.38. The highest BCUT2D eigenvalue weighted by Gasteiger charge is 2.20. The lowest BCUT2D eigenvalue weighted by molar-refractivity contribution is -0.132. The zero-order valence-electron chi connectivity index (χ0n) is 8.54. The van der Waals surface area contributed by atoms with Crippen molar-refractivity contribution in [2.75, 3.05) is 7.11 Å². The molecule has 0 bridgehead atoms. The number of ether oxygens (including phenoxy) is 1. The van der Waals surface area contributed by atoms with Gasteiger partial charge >= 0.3 is 5.97 Å². The van der Waals surface area contributed by atoms with Gasteiger partial charge in [0, 0.05) is 12.7 Å². The lowest BCUT2D eigenvalue weighted by Gasteiger charge is -2.09. The summed E-state index contributed by atoms with van der Waals surface area (Å²) in [5.41, 5.74) is 1.18. The summed E-state index contributed by atoms with van der Waals surface area (Å²) in [5, 5.41) is 16.3. The molecule has 0 atom stereocenters. The summed E-state index contributed by atoms with van der Waals surface area (Å²) in [6.45, 7) is 0. The highest BCUT2D eigenvalue weighted by molar-refractivity contribution is 5.92. The number of rotatable bonds is 2. The van der Waals surface area contributed by atoms with Crippen LogP contribution < -0.4 is 0 Å². The average molecular weight is 217 g/mol. The Bertz CT molecular complexity index is 454. The second-order valence-corrected chi connectivity index (χ2v) is 3.14. The highest BCUT2D eigenvalue weighted by Crippen LogP contribution is 2.27. The van der Waals surface area contributed by atoms with Gasteiger partial charge in [-0.15, -0.1) is 5.11 Å². The molecule has 0 fully saturated rings. The van der Waals surface area contributed by atoms with Crippen LogP contribution in [0.15, 0.2) is 57.6 Å². The summed E-state index contributed by atoms with van der Waals surface area (Å²) in [7, 11) is 1.57. The molecule has 0 aromatic rings. The number of hydrogen-bond donors (Lipinski definition) is 1. The molecule has 5 heteroatoms. The van der Waals surface area contributed by atoms with Gasteiger partial charge in [0.25, 0.3) is 0 Å². The van der Waals surface area contributed by atoms with E-state index in [0.29, 0.717) is 17.4 Å². The minimum absolute atomic E-state index is 0.102. The Morgan fingerprint density at radius 2 is 2.00 bits per heavy atom. The lowest BCUT2D eigenvalue weighted by atomic mass is 10.0. The van der Waals surface area contributed by atoms with Crippen LogP contribution in [0.3, 0.4) is 0 Å². The average Bonchev–Trinajstić information content (AvgIpc) is 2.78. The molecule has 1 N–H and O–H groups in total. The summed E-state index contributed by atoms with van der Waals surface area (Å²) >= 11 is 0. The van der Waals surface area contributed by atoms with Crippen molar-refractivity contribution in [2.24, 2.45) is 10.2 Å². The number of carbonyl (C=O) groups is 1. The topological polar surface area (TPSA) is 71.2 Å². The molecular weight excluding hydrogens is 208 g/mol. The summed E-state index contributed by atoms with van der Waals surface area (Å²) in [4.78, 5) is 10.9. The molecule has 0 amide bonds. The minimum Gasteiger partial charge on any atom is -0.478 e. The third-order valence-corrected chi connectivity index (χ3v) is 2.19. The molecule has 0 saturated heterocycles. The molecule has 2 aliphatic rings. The van der Waals surface area contributed by atoms with Gasteiger partial charge in [-0.1, -0.05) is 12.2 Å². The number of carboxylic acids is 1. The SMILES string of the molecule is CO[C]1C=CC(=C2N=NC=C2C(=O)O)C=C1. The first-order chi connectivity index (χ1) is 7.72. The Morgan fingerprint density at radius 1 is 1.31 bits per heavy atom. The lowest BCUT2D eigenvalue weighted by Crippen LogP contribution is -2.03. The van der Waals surface area contributed by atoms with Gasteiger partial charge in [0.1, 0.15) is 17.4 Å². The normalized spacial score (nSPS) is 19.4. The van der Waals surface area contributed by atoms with Gasteiger partial charge in [0.15, 0.2) is 0 Å². The van der Waals surface area contributed by atoms with Crippen LogP contribution in [-0.4, -0.2) is 18.2 Å². The molecular formula is C11H9N2O3. The van der Waals surface area contributed by atoms with E-state index in [1.54, 1.807) is 31.4 Å². The first-order valence-corrected chi connectivity index (χ1v) is 4.58. The van der Waals surface area contributed by atoms with Crippen molar-refractivity contribution < 1.29 is 14.6 Å². The van der Waals surface area contributed by atoms with Crippen LogP contribution in [0.5, 0.6) is 0 Å². The van der Waals surface area contributed by atoms with Crippen molar-refractivity contribution in [3.63, 3.8) is 0 Å². The van der Waals surface area contributed by atoms with Gasteiger partial charge in [0.2, 0.25) is 0 Å². The number of hydrogen-bond acceptors (Lipinski definition) is 4. The zero-order valence-corrected chi connectivity index (χ0v) is 8.54. The number of aliphatic carboxylic acids is 1. The Balaban J connectivity index is 2.32. The Morgan fingerprint density at radius 3 is 2.56 bits per heavy atom. The summed E-state index contributed by atoms with van der Waals surface area (Å²) in [5.74, 6) is -1.03. The summed E-state index contributed by atoms with van der Waals surface area (Å²) < 4.78 is 5.01. The highest BCUT2D eigenvalue weighted by atomic mass is 16.5. The van der Waals surface area contributed by atoms with E-state index in [-0.39, 0.29) is 5.57 Å². The molecule has 0 spiro atoms. The van der Waals surface area contributed by atoms with Gasteiger partial charge < -0.3 is 9.84 Å². The number of allylic oxidation sites excluding steroid dienone is 3. The molecule has 0 aromatic heterocycles. The second kappa shape index (κ2) is 4.24. The molecule has 2 rings (SSSR count). The van der Waals surface area contributed by atoms with Crippen LogP contribution in [0.1, 0.15) is 0 Å². The Kier molecular flexibility index (Phi) is 2.78. The molecule has 0 aromatic carbocycles. The summed E-state index contributed by atoms with van der Waals surface area (Å²) in [6.07, 6.45) is 8.93. The Hall–Kier alpha value is -2.01. The maximum atomic E-state index is 10.9. The smallest absolute Gasteiger partial charge is 0.339 e. The van der Waals surface area contributed by atoms with Crippen molar-refractivity contribution in [1.82, 2.24) is 0 Å². The molecule has 16 heavy (non-hydrogen) atoms. The number of methoxy groups -OCH3 is 1. The first kappa shape index (κ1) is 10.5. The minimum atomic E-state index is -1.03. The molecule has 1 radical (unpaired) electrons. The van der Waals surface area contributed by atoms with E-state index >= 15 is 0 Å². The number of nitrogens with zero attached hydrogens (tertiary/aromatic N) is 2. The van der Waals surface area contributed by atoms with E-state index in [0.717, 1.165) is 0 Å². The van der Waals surface area contributed by atoms with Gasteiger partial charge in [-0.3, -0.25) is 0 Å². The molecule has 1 aliphatic heterocycles. The van der Waals surface area contributed by atoms with Crippen molar-refractivity contribution >= 4 is 5.97 Å². The van der Waals surface area contributed by atoms with Gasteiger partial charge in [-0.25, -0.2) is 4.79 Å². The zero-order chi connectivity index (χ0) is 11.5. The fraction of sp³-hybridized carbons (Fsp3) is 0.0909. The molecule has 1 heterocycles. The number of carboxylic acid groups (broad SMARTS) is 1. The maximum absolute atomic E-state index is 10.9. The van der Waals surface area contributed by atoms with Gasteiger partial charge in [-0.05, 0) is 12.2 Å². The largest absolute Gasteiger partial charge is 0.478 e. The van der Waals surface area contributed by atoms with Crippen molar-refractivity contribution in [3.05, 3.63) is 53.5 Å². The second-order valence-electron chi connectivity index (χ2n) is 3.14. The molecule has 1 aliphatic carbocycles. The van der Waals surface area contributed by atoms with Crippen LogP contribution in [0.4, 0.5) is 0 Å². The van der Waals surface area contributed by atoms with Crippen LogP contribution in [0.25, 0.3) is 0 Å². The van der Waals surface area contributed by atoms with Crippen LogP contribution in [-0.2, 0) is 9.53 Å². The van der Waals surface area contributed by atoms with Crippen LogP contribution >= 0.6 is 0 Å². The third-order valence-electron chi connectivity index (χ3n) is 2.19. The van der Waals surface area contributed by atoms with Gasteiger partial charge in [0.05, 0.1) is 6.20 Å². The fourth-order valence-electron chi connectivity index (χ4n) is 1.38. The quantitative estimate of drug-likeness (QED) is 0.768. The molecule has 0 saturated carbocycles.